The third-order valence-corrected chi connectivity index (χ3v) is 3.54. The second kappa shape index (κ2) is 5.87. The van der Waals surface area contributed by atoms with Crippen molar-refractivity contribution in [2.75, 3.05) is 0 Å². The van der Waals surface area contributed by atoms with Gasteiger partial charge in [0.2, 0.25) is 0 Å². The highest BCUT2D eigenvalue weighted by Crippen LogP contribution is 2.32. The number of allylic oxidation sites excluding steroid dienone is 6. The number of hydrogen-bond donors (Lipinski definition) is 1. The first-order chi connectivity index (χ1) is 9.17. The highest BCUT2D eigenvalue weighted by molar-refractivity contribution is 9.12. The van der Waals surface area contributed by atoms with Gasteiger partial charge in [0, 0.05) is 10.1 Å². The molecule has 0 saturated heterocycles. The third-order valence-electron chi connectivity index (χ3n) is 2.59. The first-order valence-corrected chi connectivity index (χ1v) is 6.51. The molecule has 5 heteroatoms. The van der Waals surface area contributed by atoms with E-state index >= 15 is 0 Å². The maximum Gasteiger partial charge on any atom is 0.118 e. The monoisotopic (exact) mass is 334 g/mol. The van der Waals surface area contributed by atoms with Gasteiger partial charge in [0.15, 0.2) is 0 Å². The summed E-state index contributed by atoms with van der Waals surface area (Å²) in [4.78, 5) is 0. The Hall–Kier alpha value is -1.83. The number of benzene rings is 1. The summed E-state index contributed by atoms with van der Waals surface area (Å²) in [7, 11) is 0. The Bertz CT molecular complexity index is 666. The molecular formula is C14H8BrClN2O. The lowest BCUT2D eigenvalue weighted by atomic mass is 9.97. The summed E-state index contributed by atoms with van der Waals surface area (Å²) in [5, 5.41) is 21.6. The molecule has 1 aliphatic carbocycles. The van der Waals surface area contributed by atoms with E-state index < -0.39 is 0 Å². The lowest BCUT2D eigenvalue weighted by Gasteiger charge is -2.12. The second-order valence-corrected chi connectivity index (χ2v) is 5.00. The quantitative estimate of drug-likeness (QED) is 0.475. The van der Waals surface area contributed by atoms with Crippen LogP contribution in [0.2, 0.25) is 0 Å². The van der Waals surface area contributed by atoms with Crippen LogP contribution in [0.15, 0.2) is 62.7 Å². The van der Waals surface area contributed by atoms with Crippen molar-refractivity contribution in [3.63, 3.8) is 0 Å². The Labute approximate surface area is 123 Å². The zero-order valence-electron chi connectivity index (χ0n) is 9.64. The largest absolute Gasteiger partial charge is 0.410 e. The summed E-state index contributed by atoms with van der Waals surface area (Å²) in [5.74, 6) is 0. The average Bonchev–Trinajstić information content (AvgIpc) is 2.44. The maximum absolute atomic E-state index is 9.34. The van der Waals surface area contributed by atoms with E-state index in [0.29, 0.717) is 26.4 Å². The predicted octanol–water partition coefficient (Wildman–Crippen LogP) is 4.21. The molecule has 0 spiro atoms. The summed E-state index contributed by atoms with van der Waals surface area (Å²) in [5.41, 5.74) is 2.16. The fourth-order valence-electron chi connectivity index (χ4n) is 1.69. The summed E-state index contributed by atoms with van der Waals surface area (Å²) in [6, 6.07) is 11.4. The van der Waals surface area contributed by atoms with Crippen molar-refractivity contribution in [1.82, 2.24) is 0 Å². The molecule has 1 N–H and O–H groups in total. The molecule has 19 heavy (non-hydrogen) atoms. The molecule has 3 nitrogen and oxygen atoms in total. The van der Waals surface area contributed by atoms with Crippen LogP contribution in [0, 0.1) is 11.3 Å². The van der Waals surface area contributed by atoms with Gasteiger partial charge in [0.05, 0.1) is 10.6 Å². The molecule has 0 radical (unpaired) electrons. The van der Waals surface area contributed by atoms with Gasteiger partial charge < -0.3 is 5.21 Å². The predicted molar refractivity (Wildman–Crippen MR) is 79.1 cm³/mol. The Morgan fingerprint density at radius 1 is 1.26 bits per heavy atom. The minimum atomic E-state index is 0.319. The molecule has 0 atom stereocenters. The molecule has 0 saturated carbocycles. The van der Waals surface area contributed by atoms with E-state index in [1.807, 2.05) is 30.3 Å². The van der Waals surface area contributed by atoms with Crippen molar-refractivity contribution >= 4 is 38.8 Å². The maximum atomic E-state index is 9.34. The zero-order valence-corrected chi connectivity index (χ0v) is 12.0. The van der Waals surface area contributed by atoms with Crippen LogP contribution in [0.4, 0.5) is 0 Å². The Kier molecular flexibility index (Phi) is 4.20. The molecule has 1 aliphatic rings. The van der Waals surface area contributed by atoms with Crippen LogP contribution in [-0.4, -0.2) is 10.9 Å². The normalized spacial score (nSPS) is 19.5. The molecule has 0 amide bonds. The molecular weight excluding hydrogens is 328 g/mol. The minimum Gasteiger partial charge on any atom is -0.410 e. The van der Waals surface area contributed by atoms with E-state index in [2.05, 4.69) is 27.2 Å². The Morgan fingerprint density at radius 2 is 1.95 bits per heavy atom. The molecule has 0 bridgehead atoms. The third kappa shape index (κ3) is 2.78. The summed E-state index contributed by atoms with van der Waals surface area (Å²) in [6.07, 6.45) is 3.17. The fourth-order valence-corrected chi connectivity index (χ4v) is 2.36. The van der Waals surface area contributed by atoms with Crippen LogP contribution in [0.1, 0.15) is 5.56 Å². The molecule has 0 aromatic heterocycles. The Morgan fingerprint density at radius 3 is 2.53 bits per heavy atom. The number of nitrogens with zero attached hydrogens (tertiary/aromatic N) is 2. The Balaban J connectivity index is 2.62. The van der Waals surface area contributed by atoms with Gasteiger partial charge >= 0.3 is 0 Å². The number of halogens is 2. The lowest BCUT2D eigenvalue weighted by Crippen LogP contribution is -2.03. The molecule has 2 rings (SSSR count). The fraction of sp³-hybridized carbons (Fsp3) is 0. The van der Waals surface area contributed by atoms with E-state index in [9.17, 15) is 5.26 Å². The van der Waals surface area contributed by atoms with E-state index in [-0.39, 0.29) is 0 Å². The average molecular weight is 336 g/mol. The molecule has 0 fully saturated rings. The summed E-state index contributed by atoms with van der Waals surface area (Å²) >= 11 is 9.42. The first-order valence-electron chi connectivity index (χ1n) is 5.34. The molecule has 0 unspecified atom stereocenters. The van der Waals surface area contributed by atoms with E-state index in [0.717, 1.165) is 5.56 Å². The van der Waals surface area contributed by atoms with Gasteiger partial charge in [-0.05, 0) is 33.6 Å². The van der Waals surface area contributed by atoms with Crippen LogP contribution in [0.25, 0.3) is 5.57 Å². The highest BCUT2D eigenvalue weighted by atomic mass is 79.9. The summed E-state index contributed by atoms with van der Waals surface area (Å²) in [6.45, 7) is 0. The number of nitriles is 1. The topological polar surface area (TPSA) is 56.4 Å². The van der Waals surface area contributed by atoms with Gasteiger partial charge in [0.1, 0.15) is 11.8 Å². The SMILES string of the molecule is N#CC(=C1C=C(Br)C(=NO)C=C1Cl)c1ccccc1. The van der Waals surface area contributed by atoms with Gasteiger partial charge in [-0.1, -0.05) is 47.1 Å². The van der Waals surface area contributed by atoms with Gasteiger partial charge in [-0.2, -0.15) is 5.26 Å². The molecule has 94 valence electrons. The lowest BCUT2D eigenvalue weighted by molar-refractivity contribution is 0.320. The van der Waals surface area contributed by atoms with Crippen molar-refractivity contribution < 1.29 is 5.21 Å². The molecule has 0 aliphatic heterocycles. The van der Waals surface area contributed by atoms with Crippen LogP contribution in [0.3, 0.4) is 0 Å². The number of hydrogen-bond acceptors (Lipinski definition) is 3. The van der Waals surface area contributed by atoms with Crippen molar-refractivity contribution in [1.29, 1.82) is 5.26 Å². The van der Waals surface area contributed by atoms with E-state index in [1.165, 1.54) is 6.08 Å². The number of oxime groups is 1. The zero-order chi connectivity index (χ0) is 13.8. The van der Waals surface area contributed by atoms with Gasteiger partial charge in [-0.15, -0.1) is 0 Å². The van der Waals surface area contributed by atoms with Crippen LogP contribution in [-0.2, 0) is 0 Å². The van der Waals surface area contributed by atoms with Crippen LogP contribution in [0.5, 0.6) is 0 Å². The summed E-state index contributed by atoms with van der Waals surface area (Å²) < 4.78 is 0.568. The van der Waals surface area contributed by atoms with Crippen molar-refractivity contribution in [3.8, 4) is 6.07 Å². The second-order valence-electron chi connectivity index (χ2n) is 3.74. The number of rotatable bonds is 1. The van der Waals surface area contributed by atoms with Gasteiger partial charge in [0.25, 0.3) is 0 Å². The van der Waals surface area contributed by atoms with Gasteiger partial charge in [-0.25, -0.2) is 0 Å². The molecule has 1 aromatic carbocycles. The smallest absolute Gasteiger partial charge is 0.118 e. The minimum absolute atomic E-state index is 0.319. The molecule has 0 heterocycles. The van der Waals surface area contributed by atoms with Crippen molar-refractivity contribution in [2.45, 2.75) is 0 Å². The van der Waals surface area contributed by atoms with Crippen LogP contribution < -0.4 is 0 Å². The van der Waals surface area contributed by atoms with Crippen LogP contribution >= 0.6 is 27.5 Å². The van der Waals surface area contributed by atoms with E-state index in [4.69, 9.17) is 16.8 Å². The standard InChI is InChI=1S/C14H8BrClN2O/c15-12-6-10(13(16)7-14(12)18-19)11(8-17)9-4-2-1-3-5-9/h1-7,19H. The molecule has 1 aromatic rings. The van der Waals surface area contributed by atoms with E-state index in [1.54, 1.807) is 6.08 Å². The van der Waals surface area contributed by atoms with Crippen molar-refractivity contribution in [3.05, 3.63) is 63.1 Å². The highest BCUT2D eigenvalue weighted by Gasteiger charge is 2.18. The first kappa shape index (κ1) is 13.6. The van der Waals surface area contributed by atoms with Gasteiger partial charge in [-0.3, -0.25) is 0 Å². The van der Waals surface area contributed by atoms with Crippen molar-refractivity contribution in [2.24, 2.45) is 5.16 Å².